The maximum Gasteiger partial charge on any atom is 0.225 e. The second-order valence-electron chi connectivity index (χ2n) is 4.70. The van der Waals surface area contributed by atoms with Crippen molar-refractivity contribution in [2.75, 3.05) is 23.7 Å². The number of amides is 1. The molecule has 3 rings (SSSR count). The van der Waals surface area contributed by atoms with E-state index in [1.54, 1.807) is 12.3 Å². The van der Waals surface area contributed by atoms with E-state index in [2.05, 4.69) is 15.2 Å². The van der Waals surface area contributed by atoms with Crippen molar-refractivity contribution in [2.24, 2.45) is 5.92 Å². The fourth-order valence-electron chi connectivity index (χ4n) is 2.83. The third-order valence-corrected chi connectivity index (χ3v) is 3.66. The molecule has 1 aromatic heterocycles. The Balaban J connectivity index is 1.90. The van der Waals surface area contributed by atoms with Crippen molar-refractivity contribution in [1.82, 2.24) is 10.3 Å². The van der Waals surface area contributed by atoms with E-state index in [1.165, 1.54) is 0 Å². The zero-order chi connectivity index (χ0) is 11.8. The van der Waals surface area contributed by atoms with E-state index in [4.69, 9.17) is 5.73 Å². The van der Waals surface area contributed by atoms with Gasteiger partial charge in [0.2, 0.25) is 5.91 Å². The summed E-state index contributed by atoms with van der Waals surface area (Å²) in [7, 11) is 0. The van der Waals surface area contributed by atoms with Gasteiger partial charge >= 0.3 is 0 Å². The van der Waals surface area contributed by atoms with Crippen molar-refractivity contribution < 1.29 is 4.79 Å². The van der Waals surface area contributed by atoms with Crippen LogP contribution in [0.5, 0.6) is 0 Å². The minimum absolute atomic E-state index is 0.118. The summed E-state index contributed by atoms with van der Waals surface area (Å²) in [6, 6.07) is 3.90. The molecule has 2 unspecified atom stereocenters. The van der Waals surface area contributed by atoms with Crippen LogP contribution >= 0.6 is 0 Å². The first-order valence-electron chi connectivity index (χ1n) is 6.01. The van der Waals surface area contributed by atoms with Crippen molar-refractivity contribution in [3.8, 4) is 0 Å². The highest BCUT2D eigenvalue weighted by atomic mass is 16.2. The summed E-state index contributed by atoms with van der Waals surface area (Å²) in [5, 5.41) is 2.94. The molecule has 2 aliphatic heterocycles. The highest BCUT2D eigenvalue weighted by molar-refractivity contribution is 5.83. The number of nitrogens with zero attached hydrogens (tertiary/aromatic N) is 2. The number of nitrogens with one attached hydrogen (secondary N) is 1. The lowest BCUT2D eigenvalue weighted by Gasteiger charge is -2.36. The first-order chi connectivity index (χ1) is 8.25. The summed E-state index contributed by atoms with van der Waals surface area (Å²) in [5.41, 5.74) is 6.50. The van der Waals surface area contributed by atoms with Crippen molar-refractivity contribution in [3.05, 3.63) is 18.3 Å². The fourth-order valence-corrected chi connectivity index (χ4v) is 2.83. The summed E-state index contributed by atoms with van der Waals surface area (Å²) in [5.74, 6) is 1.19. The van der Waals surface area contributed by atoms with E-state index in [9.17, 15) is 4.79 Å². The van der Waals surface area contributed by atoms with Crippen LogP contribution in [-0.4, -0.2) is 30.0 Å². The Morgan fingerprint density at radius 2 is 2.41 bits per heavy atom. The van der Waals surface area contributed by atoms with Crippen molar-refractivity contribution in [1.29, 1.82) is 0 Å². The Bertz CT molecular complexity index is 448. The molecule has 90 valence electrons. The maximum absolute atomic E-state index is 11.7. The highest BCUT2D eigenvalue weighted by Crippen LogP contribution is 2.30. The van der Waals surface area contributed by atoms with Gasteiger partial charge < -0.3 is 16.0 Å². The van der Waals surface area contributed by atoms with E-state index < -0.39 is 0 Å². The van der Waals surface area contributed by atoms with Gasteiger partial charge in [0.25, 0.3) is 0 Å². The van der Waals surface area contributed by atoms with Gasteiger partial charge in [0.05, 0.1) is 12.0 Å². The van der Waals surface area contributed by atoms with Gasteiger partial charge in [-0.3, -0.25) is 4.79 Å². The maximum atomic E-state index is 11.7. The van der Waals surface area contributed by atoms with E-state index in [-0.39, 0.29) is 17.9 Å². The number of piperidine rings is 1. The normalized spacial score (nSPS) is 27.8. The van der Waals surface area contributed by atoms with Crippen LogP contribution in [0.25, 0.3) is 0 Å². The Kier molecular flexibility index (Phi) is 2.39. The van der Waals surface area contributed by atoms with Crippen molar-refractivity contribution >= 4 is 17.4 Å². The third kappa shape index (κ3) is 1.71. The molecule has 0 aliphatic carbocycles. The number of nitrogen functional groups attached to an aromatic ring is 1. The van der Waals surface area contributed by atoms with Crippen LogP contribution in [0.15, 0.2) is 18.3 Å². The molecular formula is C12H16N4O. The van der Waals surface area contributed by atoms with Gasteiger partial charge in [0, 0.05) is 31.0 Å². The van der Waals surface area contributed by atoms with Crippen molar-refractivity contribution in [2.45, 2.75) is 18.9 Å². The number of hydrogen-bond acceptors (Lipinski definition) is 4. The fraction of sp³-hybridized carbons (Fsp3) is 0.500. The first kappa shape index (κ1) is 10.4. The van der Waals surface area contributed by atoms with Crippen molar-refractivity contribution in [3.63, 3.8) is 0 Å². The molecule has 0 saturated carbocycles. The number of carbonyl (C=O) groups is 1. The van der Waals surface area contributed by atoms with Crippen LogP contribution in [0.4, 0.5) is 11.5 Å². The monoisotopic (exact) mass is 232 g/mol. The molecule has 2 fully saturated rings. The average Bonchev–Trinajstić information content (AvgIpc) is 2.71. The smallest absolute Gasteiger partial charge is 0.225 e. The number of pyridine rings is 1. The molecule has 1 aromatic rings. The standard InChI is InChI=1S/C12H16N4O/c13-8-3-4-14-11(6-8)16-5-1-2-9-10(16)7-15-12(9)17/h3-4,6,9-10H,1-2,5,7H2,(H2,13,14)(H,15,17). The predicted molar refractivity (Wildman–Crippen MR) is 65.5 cm³/mol. The van der Waals surface area contributed by atoms with Crippen LogP contribution in [0, 0.1) is 5.92 Å². The molecule has 17 heavy (non-hydrogen) atoms. The molecule has 0 bridgehead atoms. The Morgan fingerprint density at radius 3 is 3.24 bits per heavy atom. The molecule has 0 radical (unpaired) electrons. The molecule has 0 spiro atoms. The lowest BCUT2D eigenvalue weighted by Crippen LogP contribution is -2.46. The zero-order valence-corrected chi connectivity index (χ0v) is 9.60. The van der Waals surface area contributed by atoms with E-state index in [1.807, 2.05) is 6.07 Å². The number of aromatic nitrogens is 1. The van der Waals surface area contributed by atoms with E-state index in [0.29, 0.717) is 0 Å². The predicted octanol–water partition coefficient (Wildman–Crippen LogP) is 0.379. The van der Waals surface area contributed by atoms with Crippen LogP contribution in [0.1, 0.15) is 12.8 Å². The molecule has 2 saturated heterocycles. The van der Waals surface area contributed by atoms with Crippen LogP contribution in [-0.2, 0) is 4.79 Å². The van der Waals surface area contributed by atoms with Crippen LogP contribution < -0.4 is 16.0 Å². The average molecular weight is 232 g/mol. The lowest BCUT2D eigenvalue weighted by atomic mass is 9.91. The first-order valence-corrected chi connectivity index (χ1v) is 6.01. The molecular weight excluding hydrogens is 216 g/mol. The van der Waals surface area contributed by atoms with Gasteiger partial charge in [-0.2, -0.15) is 0 Å². The number of carbonyl (C=O) groups excluding carboxylic acids is 1. The molecule has 1 amide bonds. The summed E-state index contributed by atoms with van der Waals surface area (Å²) in [6.07, 6.45) is 3.73. The van der Waals surface area contributed by atoms with E-state index in [0.717, 1.165) is 37.4 Å². The molecule has 2 aliphatic rings. The molecule has 2 atom stereocenters. The highest BCUT2D eigenvalue weighted by Gasteiger charge is 2.41. The SMILES string of the molecule is Nc1ccnc(N2CCCC3C(=O)NCC32)c1. The third-order valence-electron chi connectivity index (χ3n) is 3.66. The largest absolute Gasteiger partial charge is 0.399 e. The van der Waals surface area contributed by atoms with Gasteiger partial charge in [0.15, 0.2) is 0 Å². The molecule has 5 nitrogen and oxygen atoms in total. The quantitative estimate of drug-likeness (QED) is 0.734. The molecule has 3 heterocycles. The Labute approximate surface area is 100 Å². The zero-order valence-electron chi connectivity index (χ0n) is 9.60. The molecule has 0 aromatic carbocycles. The number of fused-ring (bicyclic) bond motifs is 1. The Morgan fingerprint density at radius 1 is 1.53 bits per heavy atom. The lowest BCUT2D eigenvalue weighted by molar-refractivity contribution is -0.122. The second-order valence-corrected chi connectivity index (χ2v) is 4.70. The summed E-state index contributed by atoms with van der Waals surface area (Å²) in [6.45, 7) is 1.67. The van der Waals surface area contributed by atoms with Gasteiger partial charge in [-0.15, -0.1) is 0 Å². The summed E-state index contributed by atoms with van der Waals surface area (Å²) in [4.78, 5) is 18.2. The number of hydrogen-bond donors (Lipinski definition) is 2. The summed E-state index contributed by atoms with van der Waals surface area (Å²) < 4.78 is 0. The number of rotatable bonds is 1. The van der Waals surface area contributed by atoms with Gasteiger partial charge in [-0.25, -0.2) is 4.98 Å². The molecule has 5 heteroatoms. The van der Waals surface area contributed by atoms with Gasteiger partial charge in [-0.1, -0.05) is 0 Å². The van der Waals surface area contributed by atoms with Crippen LogP contribution in [0.2, 0.25) is 0 Å². The minimum atomic E-state index is 0.118. The topological polar surface area (TPSA) is 71.2 Å². The second kappa shape index (κ2) is 3.91. The van der Waals surface area contributed by atoms with Gasteiger partial charge in [0.1, 0.15) is 5.82 Å². The minimum Gasteiger partial charge on any atom is -0.399 e. The van der Waals surface area contributed by atoms with Gasteiger partial charge in [-0.05, 0) is 18.9 Å². The number of nitrogens with two attached hydrogens (primary N) is 1. The van der Waals surface area contributed by atoms with E-state index >= 15 is 0 Å². The molecule has 3 N–H and O–H groups in total. The summed E-state index contributed by atoms with van der Waals surface area (Å²) >= 11 is 0. The number of anilines is 2. The Hall–Kier alpha value is -1.78. The van der Waals surface area contributed by atoms with Crippen LogP contribution in [0.3, 0.4) is 0 Å².